The second-order valence-corrected chi connectivity index (χ2v) is 5.56. The number of halogens is 1. The molecule has 0 aliphatic carbocycles. The normalized spacial score (nSPS) is 11.5. The van der Waals surface area contributed by atoms with Crippen molar-refractivity contribution in [2.75, 3.05) is 13.2 Å². The highest BCUT2D eigenvalue weighted by Crippen LogP contribution is 2.21. The number of unbranched alkanes of at least 4 members (excludes halogenated alkanes) is 1. The molecule has 2 nitrogen and oxygen atoms in total. The zero-order chi connectivity index (χ0) is 12.7. The number of hydrogen-bond acceptors (Lipinski definition) is 2. The number of benzene rings is 1. The zero-order valence-electron chi connectivity index (χ0n) is 10.7. The average Bonchev–Trinajstić information content (AvgIpc) is 2.31. The van der Waals surface area contributed by atoms with Crippen molar-refractivity contribution < 1.29 is 4.74 Å². The van der Waals surface area contributed by atoms with Crippen LogP contribution >= 0.6 is 11.6 Å². The minimum absolute atomic E-state index is 0.250. The molecule has 0 heterocycles. The number of ether oxygens (including phenoxy) is 1. The summed E-state index contributed by atoms with van der Waals surface area (Å²) in [6, 6.07) is 7.47. The van der Waals surface area contributed by atoms with Crippen LogP contribution in [0.5, 0.6) is 5.75 Å². The Kier molecular flexibility index (Phi) is 5.79. The van der Waals surface area contributed by atoms with Crippen molar-refractivity contribution in [1.82, 2.24) is 0 Å². The Morgan fingerprint density at radius 1 is 1.18 bits per heavy atom. The number of nitrogens with two attached hydrogens (primary N) is 1. The van der Waals surface area contributed by atoms with Gasteiger partial charge in [0.1, 0.15) is 5.75 Å². The third-order valence-corrected chi connectivity index (χ3v) is 3.13. The zero-order valence-corrected chi connectivity index (χ0v) is 11.5. The fourth-order valence-electron chi connectivity index (χ4n) is 1.53. The summed E-state index contributed by atoms with van der Waals surface area (Å²) in [6.07, 6.45) is 3.36. The van der Waals surface area contributed by atoms with Gasteiger partial charge >= 0.3 is 0 Å². The molecular weight excluding hydrogens is 234 g/mol. The van der Waals surface area contributed by atoms with Crippen LogP contribution in [0.15, 0.2) is 24.3 Å². The van der Waals surface area contributed by atoms with Crippen molar-refractivity contribution in [2.24, 2.45) is 11.1 Å². The Bertz CT molecular complexity index is 321. The highest BCUT2D eigenvalue weighted by atomic mass is 35.5. The van der Waals surface area contributed by atoms with Crippen molar-refractivity contribution in [3.05, 3.63) is 29.3 Å². The minimum atomic E-state index is 0.250. The molecule has 0 unspecified atom stereocenters. The molecule has 0 spiro atoms. The third kappa shape index (κ3) is 5.94. The Morgan fingerprint density at radius 3 is 2.41 bits per heavy atom. The largest absolute Gasteiger partial charge is 0.494 e. The van der Waals surface area contributed by atoms with Crippen LogP contribution in [0.2, 0.25) is 5.02 Å². The van der Waals surface area contributed by atoms with Gasteiger partial charge in [0.2, 0.25) is 0 Å². The lowest BCUT2D eigenvalue weighted by Gasteiger charge is -2.21. The van der Waals surface area contributed by atoms with Crippen molar-refractivity contribution >= 4 is 11.6 Å². The van der Waals surface area contributed by atoms with Crippen LogP contribution in [-0.4, -0.2) is 13.2 Å². The lowest BCUT2D eigenvalue weighted by atomic mass is 9.87. The molecule has 0 saturated heterocycles. The van der Waals surface area contributed by atoms with Crippen LogP contribution in [0.3, 0.4) is 0 Å². The molecule has 0 aromatic heterocycles. The molecule has 1 aromatic carbocycles. The van der Waals surface area contributed by atoms with Crippen molar-refractivity contribution in [3.63, 3.8) is 0 Å². The number of rotatable bonds is 7. The molecule has 0 bridgehead atoms. The third-order valence-electron chi connectivity index (χ3n) is 2.88. The standard InChI is InChI=1S/C14H22ClNO/c1-14(2,11-16)9-3-4-10-17-13-7-5-12(15)6-8-13/h5-8H,3-4,9-11,16H2,1-2H3. The van der Waals surface area contributed by atoms with E-state index in [1.807, 2.05) is 24.3 Å². The first-order valence-electron chi connectivity index (χ1n) is 6.12. The van der Waals surface area contributed by atoms with Crippen LogP contribution in [0.4, 0.5) is 0 Å². The van der Waals surface area contributed by atoms with E-state index in [1.54, 1.807) is 0 Å². The molecule has 1 aromatic rings. The van der Waals surface area contributed by atoms with E-state index >= 15 is 0 Å². The molecular formula is C14H22ClNO. The molecule has 0 amide bonds. The van der Waals surface area contributed by atoms with E-state index in [1.165, 1.54) is 0 Å². The Hall–Kier alpha value is -0.730. The predicted molar refractivity (Wildman–Crippen MR) is 73.6 cm³/mol. The molecule has 3 heteroatoms. The first-order chi connectivity index (χ1) is 8.03. The van der Waals surface area contributed by atoms with Gasteiger partial charge in [-0.25, -0.2) is 0 Å². The molecule has 17 heavy (non-hydrogen) atoms. The second-order valence-electron chi connectivity index (χ2n) is 5.13. The molecule has 96 valence electrons. The number of hydrogen-bond donors (Lipinski definition) is 1. The van der Waals surface area contributed by atoms with Crippen molar-refractivity contribution in [3.8, 4) is 5.75 Å². The molecule has 0 aliphatic heterocycles. The summed E-state index contributed by atoms with van der Waals surface area (Å²) in [5.74, 6) is 0.882. The van der Waals surface area contributed by atoms with Gasteiger partial charge in [-0.15, -0.1) is 0 Å². The maximum atomic E-state index is 5.79. The van der Waals surface area contributed by atoms with Crippen LogP contribution in [0.25, 0.3) is 0 Å². The molecule has 0 atom stereocenters. The monoisotopic (exact) mass is 255 g/mol. The summed E-state index contributed by atoms with van der Waals surface area (Å²) >= 11 is 5.79. The van der Waals surface area contributed by atoms with Gasteiger partial charge in [0, 0.05) is 5.02 Å². The first kappa shape index (κ1) is 14.3. The predicted octanol–water partition coefficient (Wildman–Crippen LogP) is 3.87. The van der Waals surface area contributed by atoms with E-state index in [0.29, 0.717) is 0 Å². The molecule has 1 rings (SSSR count). The summed E-state index contributed by atoms with van der Waals surface area (Å²) in [5.41, 5.74) is 5.93. The van der Waals surface area contributed by atoms with Gasteiger partial charge < -0.3 is 10.5 Å². The molecule has 0 aliphatic rings. The summed E-state index contributed by atoms with van der Waals surface area (Å²) in [6.45, 7) is 5.90. The van der Waals surface area contributed by atoms with Gasteiger partial charge in [0.15, 0.2) is 0 Å². The molecule has 0 radical (unpaired) electrons. The fraction of sp³-hybridized carbons (Fsp3) is 0.571. The maximum absolute atomic E-state index is 5.79. The van der Waals surface area contributed by atoms with E-state index in [9.17, 15) is 0 Å². The summed E-state index contributed by atoms with van der Waals surface area (Å²) in [7, 11) is 0. The van der Waals surface area contributed by atoms with Crippen molar-refractivity contribution in [2.45, 2.75) is 33.1 Å². The van der Waals surface area contributed by atoms with Crippen LogP contribution in [0, 0.1) is 5.41 Å². The van der Waals surface area contributed by atoms with E-state index in [2.05, 4.69) is 13.8 Å². The summed E-state index contributed by atoms with van der Waals surface area (Å²) in [5, 5.41) is 0.738. The topological polar surface area (TPSA) is 35.2 Å². The first-order valence-corrected chi connectivity index (χ1v) is 6.50. The molecule has 2 N–H and O–H groups in total. The van der Waals surface area contributed by atoms with Gasteiger partial charge in [-0.1, -0.05) is 25.4 Å². The van der Waals surface area contributed by atoms with E-state index in [4.69, 9.17) is 22.1 Å². The highest BCUT2D eigenvalue weighted by Gasteiger charge is 2.14. The smallest absolute Gasteiger partial charge is 0.119 e. The quantitative estimate of drug-likeness (QED) is 0.751. The van der Waals surface area contributed by atoms with Gasteiger partial charge in [0.25, 0.3) is 0 Å². The molecule has 0 saturated carbocycles. The summed E-state index contributed by atoms with van der Waals surface area (Å²) < 4.78 is 5.62. The van der Waals surface area contributed by atoms with Crippen LogP contribution in [-0.2, 0) is 0 Å². The lowest BCUT2D eigenvalue weighted by molar-refractivity contribution is 0.279. The van der Waals surface area contributed by atoms with E-state index in [0.717, 1.165) is 43.2 Å². The summed E-state index contributed by atoms with van der Waals surface area (Å²) in [4.78, 5) is 0. The Labute approximate surface area is 109 Å². The SMILES string of the molecule is CC(C)(CN)CCCCOc1ccc(Cl)cc1. The average molecular weight is 256 g/mol. The second kappa shape index (κ2) is 6.87. The van der Waals surface area contributed by atoms with Crippen LogP contribution < -0.4 is 10.5 Å². The Balaban J connectivity index is 2.14. The van der Waals surface area contributed by atoms with Gasteiger partial charge in [-0.2, -0.15) is 0 Å². The van der Waals surface area contributed by atoms with Crippen molar-refractivity contribution in [1.29, 1.82) is 0 Å². The van der Waals surface area contributed by atoms with Gasteiger partial charge in [-0.05, 0) is 55.5 Å². The minimum Gasteiger partial charge on any atom is -0.494 e. The van der Waals surface area contributed by atoms with Crippen LogP contribution in [0.1, 0.15) is 33.1 Å². The van der Waals surface area contributed by atoms with E-state index < -0.39 is 0 Å². The fourth-order valence-corrected chi connectivity index (χ4v) is 1.65. The highest BCUT2D eigenvalue weighted by molar-refractivity contribution is 6.30. The van der Waals surface area contributed by atoms with Gasteiger partial charge in [-0.3, -0.25) is 0 Å². The Morgan fingerprint density at radius 2 is 1.82 bits per heavy atom. The molecule has 0 fully saturated rings. The van der Waals surface area contributed by atoms with Gasteiger partial charge in [0.05, 0.1) is 6.61 Å². The maximum Gasteiger partial charge on any atom is 0.119 e. The van der Waals surface area contributed by atoms with E-state index in [-0.39, 0.29) is 5.41 Å². The lowest BCUT2D eigenvalue weighted by Crippen LogP contribution is -2.23.